The molecule has 1 aromatic heterocycles. The van der Waals surface area contributed by atoms with Crippen LogP contribution in [0, 0.1) is 11.3 Å². The summed E-state index contributed by atoms with van der Waals surface area (Å²) in [7, 11) is 0. The van der Waals surface area contributed by atoms with E-state index in [1.165, 1.54) is 6.20 Å². The Morgan fingerprint density at radius 3 is 3.00 bits per heavy atom. The van der Waals surface area contributed by atoms with Gasteiger partial charge in [-0.05, 0) is 13.0 Å². The highest BCUT2D eigenvalue weighted by Gasteiger charge is 2.13. The van der Waals surface area contributed by atoms with Crippen LogP contribution in [0.2, 0.25) is 0 Å². The van der Waals surface area contributed by atoms with Gasteiger partial charge in [0, 0.05) is 11.8 Å². The number of hydrogen-bond donors (Lipinski definition) is 1. The van der Waals surface area contributed by atoms with Gasteiger partial charge in [0.2, 0.25) is 0 Å². The monoisotopic (exact) mass is 175 g/mol. The molecule has 1 aromatic rings. The Morgan fingerprint density at radius 1 is 1.77 bits per heavy atom. The maximum absolute atomic E-state index is 10.9. The predicted octanol–water partition coefficient (Wildman–Crippen LogP) is 0.808. The molecule has 0 spiro atoms. The van der Waals surface area contributed by atoms with Gasteiger partial charge in [-0.3, -0.25) is 9.78 Å². The summed E-state index contributed by atoms with van der Waals surface area (Å²) in [6.07, 6.45) is 1.48. The molecule has 13 heavy (non-hydrogen) atoms. The van der Waals surface area contributed by atoms with Crippen molar-refractivity contribution in [2.45, 2.75) is 12.8 Å². The van der Waals surface area contributed by atoms with Gasteiger partial charge in [-0.15, -0.1) is 0 Å². The zero-order valence-electron chi connectivity index (χ0n) is 7.19. The SMILES string of the molecule is CC(C#N)c1cccnc1C(N)=O. The summed E-state index contributed by atoms with van der Waals surface area (Å²) in [4.78, 5) is 14.7. The molecule has 1 amide bonds. The van der Waals surface area contributed by atoms with E-state index in [0.717, 1.165) is 0 Å². The number of nitriles is 1. The second-order valence-electron chi connectivity index (χ2n) is 2.66. The Bertz CT molecular complexity index is 367. The fraction of sp³-hybridized carbons (Fsp3) is 0.222. The standard InChI is InChI=1S/C9H9N3O/c1-6(5-10)7-3-2-4-12-8(7)9(11)13/h2-4,6H,1H3,(H2,11,13). The van der Waals surface area contributed by atoms with E-state index in [-0.39, 0.29) is 11.6 Å². The van der Waals surface area contributed by atoms with E-state index in [0.29, 0.717) is 5.56 Å². The lowest BCUT2D eigenvalue weighted by Gasteiger charge is -2.05. The lowest BCUT2D eigenvalue weighted by molar-refractivity contribution is 0.0994. The topological polar surface area (TPSA) is 79.8 Å². The van der Waals surface area contributed by atoms with Crippen molar-refractivity contribution in [1.82, 2.24) is 4.98 Å². The summed E-state index contributed by atoms with van der Waals surface area (Å²) in [6, 6.07) is 5.39. The van der Waals surface area contributed by atoms with Crippen LogP contribution >= 0.6 is 0 Å². The summed E-state index contributed by atoms with van der Waals surface area (Å²) >= 11 is 0. The first-order valence-electron chi connectivity index (χ1n) is 3.81. The van der Waals surface area contributed by atoms with E-state index in [1.807, 2.05) is 6.07 Å². The number of nitrogens with two attached hydrogens (primary N) is 1. The van der Waals surface area contributed by atoms with E-state index in [1.54, 1.807) is 19.1 Å². The van der Waals surface area contributed by atoms with Crippen molar-refractivity contribution >= 4 is 5.91 Å². The summed E-state index contributed by atoms with van der Waals surface area (Å²) in [5.41, 5.74) is 5.85. The maximum atomic E-state index is 10.9. The van der Waals surface area contributed by atoms with Crippen LogP contribution in [0.4, 0.5) is 0 Å². The van der Waals surface area contributed by atoms with E-state index < -0.39 is 5.91 Å². The average molecular weight is 175 g/mol. The van der Waals surface area contributed by atoms with Gasteiger partial charge in [-0.25, -0.2) is 0 Å². The second-order valence-corrected chi connectivity index (χ2v) is 2.66. The molecule has 0 saturated carbocycles. The lowest BCUT2D eigenvalue weighted by atomic mass is 10.0. The van der Waals surface area contributed by atoms with E-state index in [9.17, 15) is 4.79 Å². The molecule has 0 aliphatic carbocycles. The Balaban J connectivity index is 3.21. The van der Waals surface area contributed by atoms with E-state index in [2.05, 4.69) is 4.98 Å². The van der Waals surface area contributed by atoms with Crippen LogP contribution in [-0.2, 0) is 0 Å². The van der Waals surface area contributed by atoms with Crippen molar-refractivity contribution in [3.8, 4) is 6.07 Å². The molecule has 1 unspecified atom stereocenters. The molecule has 1 rings (SSSR count). The molecule has 2 N–H and O–H groups in total. The molecule has 1 heterocycles. The molecule has 0 aromatic carbocycles. The first-order chi connectivity index (χ1) is 6.16. The van der Waals surface area contributed by atoms with Crippen LogP contribution in [-0.4, -0.2) is 10.9 Å². The minimum absolute atomic E-state index is 0.177. The number of nitrogens with zero attached hydrogens (tertiary/aromatic N) is 2. The van der Waals surface area contributed by atoms with Crippen molar-refractivity contribution in [3.05, 3.63) is 29.6 Å². The third-order valence-corrected chi connectivity index (χ3v) is 1.73. The highest BCUT2D eigenvalue weighted by Crippen LogP contribution is 2.16. The molecule has 0 aliphatic heterocycles. The average Bonchev–Trinajstić information content (AvgIpc) is 2.16. The van der Waals surface area contributed by atoms with Crippen molar-refractivity contribution in [2.24, 2.45) is 5.73 Å². The van der Waals surface area contributed by atoms with Crippen LogP contribution in [0.15, 0.2) is 18.3 Å². The lowest BCUT2D eigenvalue weighted by Crippen LogP contribution is -2.16. The molecule has 0 aliphatic rings. The Kier molecular flexibility index (Phi) is 2.60. The van der Waals surface area contributed by atoms with Gasteiger partial charge >= 0.3 is 0 Å². The summed E-state index contributed by atoms with van der Waals surface area (Å²) in [6.45, 7) is 1.70. The molecule has 0 bridgehead atoms. The second kappa shape index (κ2) is 3.68. The molecular weight excluding hydrogens is 166 g/mol. The van der Waals surface area contributed by atoms with Crippen LogP contribution in [0.5, 0.6) is 0 Å². The molecule has 4 heteroatoms. The summed E-state index contributed by atoms with van der Waals surface area (Å²) in [5, 5.41) is 8.66. The zero-order chi connectivity index (χ0) is 9.84. The van der Waals surface area contributed by atoms with Gasteiger partial charge in [0.05, 0.1) is 12.0 Å². The van der Waals surface area contributed by atoms with Gasteiger partial charge in [-0.2, -0.15) is 5.26 Å². The highest BCUT2D eigenvalue weighted by atomic mass is 16.1. The largest absolute Gasteiger partial charge is 0.364 e. The Labute approximate surface area is 76.0 Å². The number of amides is 1. The normalized spacial score (nSPS) is 11.7. The number of primary amides is 1. The van der Waals surface area contributed by atoms with Crippen LogP contribution in [0.25, 0.3) is 0 Å². The highest BCUT2D eigenvalue weighted by molar-refractivity contribution is 5.92. The summed E-state index contributed by atoms with van der Waals surface area (Å²) < 4.78 is 0. The van der Waals surface area contributed by atoms with Crippen molar-refractivity contribution in [2.75, 3.05) is 0 Å². The minimum Gasteiger partial charge on any atom is -0.364 e. The molecular formula is C9H9N3O. The van der Waals surface area contributed by atoms with Gasteiger partial charge < -0.3 is 5.73 Å². The number of hydrogen-bond acceptors (Lipinski definition) is 3. The number of aromatic nitrogens is 1. The van der Waals surface area contributed by atoms with E-state index >= 15 is 0 Å². The first kappa shape index (κ1) is 9.20. The molecule has 4 nitrogen and oxygen atoms in total. The molecule has 0 fully saturated rings. The van der Waals surface area contributed by atoms with Crippen molar-refractivity contribution in [3.63, 3.8) is 0 Å². The Morgan fingerprint density at radius 2 is 2.46 bits per heavy atom. The van der Waals surface area contributed by atoms with Gasteiger partial charge in [-0.1, -0.05) is 6.07 Å². The number of pyridine rings is 1. The third kappa shape index (κ3) is 1.82. The number of carbonyl (C=O) groups excluding carboxylic acids is 1. The van der Waals surface area contributed by atoms with Crippen LogP contribution in [0.1, 0.15) is 28.9 Å². The fourth-order valence-corrected chi connectivity index (χ4v) is 1.04. The van der Waals surface area contributed by atoms with Crippen molar-refractivity contribution < 1.29 is 4.79 Å². The van der Waals surface area contributed by atoms with Crippen LogP contribution < -0.4 is 5.73 Å². The molecule has 0 saturated heterocycles. The van der Waals surface area contributed by atoms with Crippen LogP contribution in [0.3, 0.4) is 0 Å². The summed E-state index contributed by atoms with van der Waals surface area (Å²) in [5.74, 6) is -0.964. The predicted molar refractivity (Wildman–Crippen MR) is 46.8 cm³/mol. The smallest absolute Gasteiger partial charge is 0.267 e. The minimum atomic E-state index is -0.599. The Hall–Kier alpha value is -1.89. The molecule has 1 atom stereocenters. The van der Waals surface area contributed by atoms with Gasteiger partial charge in [0.1, 0.15) is 5.69 Å². The number of carbonyl (C=O) groups is 1. The third-order valence-electron chi connectivity index (χ3n) is 1.73. The first-order valence-corrected chi connectivity index (χ1v) is 3.81. The van der Waals surface area contributed by atoms with Crippen molar-refractivity contribution in [1.29, 1.82) is 5.26 Å². The fourth-order valence-electron chi connectivity index (χ4n) is 1.04. The van der Waals surface area contributed by atoms with Gasteiger partial charge in [0.25, 0.3) is 5.91 Å². The molecule has 66 valence electrons. The maximum Gasteiger partial charge on any atom is 0.267 e. The zero-order valence-corrected chi connectivity index (χ0v) is 7.19. The molecule has 0 radical (unpaired) electrons. The quantitative estimate of drug-likeness (QED) is 0.722. The van der Waals surface area contributed by atoms with Gasteiger partial charge in [0.15, 0.2) is 0 Å². The number of rotatable bonds is 2. The van der Waals surface area contributed by atoms with E-state index in [4.69, 9.17) is 11.0 Å².